The summed E-state index contributed by atoms with van der Waals surface area (Å²) in [5.74, 6) is 0.306. The van der Waals surface area contributed by atoms with E-state index < -0.39 is 0 Å². The van der Waals surface area contributed by atoms with Crippen LogP contribution in [-0.4, -0.2) is 60.9 Å². The monoisotopic (exact) mass is 393 g/mol. The highest BCUT2D eigenvalue weighted by molar-refractivity contribution is 5.79. The Morgan fingerprint density at radius 2 is 1.45 bits per heavy atom. The number of hydrogen-bond donors (Lipinski definition) is 1. The third-order valence-corrected chi connectivity index (χ3v) is 5.45. The number of benzene rings is 2. The Labute approximate surface area is 173 Å². The maximum atomic E-state index is 13.1. The third kappa shape index (κ3) is 6.16. The average Bonchev–Trinajstić information content (AvgIpc) is 2.77. The molecular weight excluding hydrogens is 362 g/mol. The van der Waals surface area contributed by atoms with E-state index in [0.29, 0.717) is 26.1 Å². The van der Waals surface area contributed by atoms with Crippen molar-refractivity contribution in [2.75, 3.05) is 39.3 Å². The molecule has 0 unspecified atom stereocenters. The molecule has 29 heavy (non-hydrogen) atoms. The zero-order valence-corrected chi connectivity index (χ0v) is 17.2. The number of nitrogens with one attached hydrogen (secondary N) is 1. The van der Waals surface area contributed by atoms with E-state index in [2.05, 4.69) is 34.5 Å². The van der Waals surface area contributed by atoms with Crippen molar-refractivity contribution in [2.45, 2.75) is 25.7 Å². The van der Waals surface area contributed by atoms with Gasteiger partial charge in [-0.1, -0.05) is 67.6 Å². The number of nitrogens with zero attached hydrogens (tertiary/aromatic N) is 2. The summed E-state index contributed by atoms with van der Waals surface area (Å²) in [7, 11) is 0. The van der Waals surface area contributed by atoms with Crippen LogP contribution in [0.15, 0.2) is 60.7 Å². The summed E-state index contributed by atoms with van der Waals surface area (Å²) in [6, 6.07) is 20.5. The number of piperazine rings is 1. The zero-order chi connectivity index (χ0) is 20.5. The van der Waals surface area contributed by atoms with Gasteiger partial charge in [-0.05, 0) is 17.5 Å². The van der Waals surface area contributed by atoms with Gasteiger partial charge in [-0.15, -0.1) is 0 Å². The molecule has 1 aliphatic heterocycles. The molecule has 0 spiro atoms. The van der Waals surface area contributed by atoms with Crippen LogP contribution in [0.2, 0.25) is 0 Å². The lowest BCUT2D eigenvalue weighted by molar-refractivity contribution is -0.133. The van der Waals surface area contributed by atoms with Crippen molar-refractivity contribution < 1.29 is 9.59 Å². The molecular formula is C24H31N3O2. The lowest BCUT2D eigenvalue weighted by Crippen LogP contribution is -2.51. The average molecular weight is 394 g/mol. The molecule has 0 aliphatic carbocycles. The van der Waals surface area contributed by atoms with Gasteiger partial charge in [0, 0.05) is 45.1 Å². The number of hydrogen-bond acceptors (Lipinski definition) is 3. The van der Waals surface area contributed by atoms with Gasteiger partial charge in [0.25, 0.3) is 0 Å². The van der Waals surface area contributed by atoms with Crippen LogP contribution in [0.4, 0.5) is 0 Å². The molecule has 1 N–H and O–H groups in total. The van der Waals surface area contributed by atoms with Gasteiger partial charge in [-0.3, -0.25) is 14.5 Å². The second kappa shape index (κ2) is 10.8. The Morgan fingerprint density at radius 1 is 0.897 bits per heavy atom. The van der Waals surface area contributed by atoms with Crippen LogP contribution < -0.4 is 5.32 Å². The minimum atomic E-state index is 0.0581. The first-order chi connectivity index (χ1) is 14.2. The standard InChI is InChI=1S/C24H31N3O2/c1-2-13-25-23(28)19-26-14-16-27(17-15-26)24(29)18-22(20-9-5-3-6-10-20)21-11-7-4-8-12-21/h3-12,22H,2,13-19H2,1H3,(H,25,28). The lowest BCUT2D eigenvalue weighted by atomic mass is 9.88. The van der Waals surface area contributed by atoms with E-state index in [1.165, 1.54) is 11.1 Å². The number of carbonyl (C=O) groups excluding carboxylic acids is 2. The molecule has 1 fully saturated rings. The maximum absolute atomic E-state index is 13.1. The van der Waals surface area contributed by atoms with E-state index >= 15 is 0 Å². The van der Waals surface area contributed by atoms with E-state index in [4.69, 9.17) is 0 Å². The fraction of sp³-hybridized carbons (Fsp3) is 0.417. The fourth-order valence-electron chi connectivity index (χ4n) is 3.78. The molecule has 154 valence electrons. The smallest absolute Gasteiger partial charge is 0.234 e. The molecule has 2 aromatic rings. The molecule has 0 bridgehead atoms. The van der Waals surface area contributed by atoms with Crippen LogP contribution in [0.25, 0.3) is 0 Å². The van der Waals surface area contributed by atoms with Crippen LogP contribution in [0.1, 0.15) is 36.8 Å². The first kappa shape index (κ1) is 21.1. The van der Waals surface area contributed by atoms with Crippen molar-refractivity contribution in [3.05, 3.63) is 71.8 Å². The number of carbonyl (C=O) groups is 2. The van der Waals surface area contributed by atoms with Gasteiger partial charge >= 0.3 is 0 Å². The van der Waals surface area contributed by atoms with E-state index in [-0.39, 0.29) is 17.7 Å². The summed E-state index contributed by atoms with van der Waals surface area (Å²) in [6.07, 6.45) is 1.41. The van der Waals surface area contributed by atoms with E-state index in [0.717, 1.165) is 26.1 Å². The van der Waals surface area contributed by atoms with Gasteiger partial charge in [0.05, 0.1) is 6.54 Å². The molecule has 1 saturated heterocycles. The number of amides is 2. The Bertz CT molecular complexity index is 732. The Balaban J connectivity index is 1.58. The Hall–Kier alpha value is -2.66. The topological polar surface area (TPSA) is 52.7 Å². The largest absolute Gasteiger partial charge is 0.355 e. The predicted molar refractivity (Wildman–Crippen MR) is 116 cm³/mol. The molecule has 0 radical (unpaired) electrons. The van der Waals surface area contributed by atoms with Gasteiger partial charge in [0.2, 0.25) is 11.8 Å². The molecule has 1 heterocycles. The summed E-state index contributed by atoms with van der Waals surface area (Å²) >= 11 is 0. The van der Waals surface area contributed by atoms with E-state index in [9.17, 15) is 9.59 Å². The van der Waals surface area contributed by atoms with Crippen LogP contribution in [-0.2, 0) is 9.59 Å². The zero-order valence-electron chi connectivity index (χ0n) is 17.2. The summed E-state index contributed by atoms with van der Waals surface area (Å²) in [6.45, 7) is 6.02. The van der Waals surface area contributed by atoms with Crippen molar-refractivity contribution >= 4 is 11.8 Å². The highest BCUT2D eigenvalue weighted by Gasteiger charge is 2.25. The van der Waals surface area contributed by atoms with Gasteiger partial charge in [-0.2, -0.15) is 0 Å². The van der Waals surface area contributed by atoms with Crippen molar-refractivity contribution in [1.29, 1.82) is 0 Å². The molecule has 2 amide bonds. The summed E-state index contributed by atoms with van der Waals surface area (Å²) in [4.78, 5) is 29.0. The van der Waals surface area contributed by atoms with Crippen LogP contribution >= 0.6 is 0 Å². The molecule has 1 aliphatic rings. The predicted octanol–water partition coefficient (Wildman–Crippen LogP) is 2.88. The van der Waals surface area contributed by atoms with Crippen LogP contribution in [0.5, 0.6) is 0 Å². The van der Waals surface area contributed by atoms with Gasteiger partial charge in [-0.25, -0.2) is 0 Å². The first-order valence-corrected chi connectivity index (χ1v) is 10.5. The van der Waals surface area contributed by atoms with Crippen molar-refractivity contribution in [2.24, 2.45) is 0 Å². The Kier molecular flexibility index (Phi) is 7.82. The molecule has 5 nitrogen and oxygen atoms in total. The van der Waals surface area contributed by atoms with E-state index in [1.54, 1.807) is 0 Å². The summed E-state index contributed by atoms with van der Waals surface area (Å²) in [5, 5.41) is 2.91. The molecule has 0 atom stereocenters. The van der Waals surface area contributed by atoms with Gasteiger partial charge in [0.15, 0.2) is 0 Å². The summed E-state index contributed by atoms with van der Waals surface area (Å²) < 4.78 is 0. The minimum Gasteiger partial charge on any atom is -0.355 e. The van der Waals surface area contributed by atoms with Crippen molar-refractivity contribution in [3.63, 3.8) is 0 Å². The van der Waals surface area contributed by atoms with Crippen molar-refractivity contribution in [3.8, 4) is 0 Å². The Morgan fingerprint density at radius 3 is 1.97 bits per heavy atom. The van der Waals surface area contributed by atoms with E-state index in [1.807, 2.05) is 48.2 Å². The van der Waals surface area contributed by atoms with Crippen molar-refractivity contribution in [1.82, 2.24) is 15.1 Å². The third-order valence-electron chi connectivity index (χ3n) is 5.45. The highest BCUT2D eigenvalue weighted by atomic mass is 16.2. The number of rotatable bonds is 8. The second-order valence-corrected chi connectivity index (χ2v) is 7.58. The SMILES string of the molecule is CCCNC(=O)CN1CCN(C(=O)CC(c2ccccc2)c2ccccc2)CC1. The quantitative estimate of drug-likeness (QED) is 0.750. The van der Waals surface area contributed by atoms with Crippen LogP contribution in [0.3, 0.4) is 0 Å². The van der Waals surface area contributed by atoms with Crippen LogP contribution in [0, 0.1) is 0 Å². The molecule has 0 saturated carbocycles. The fourth-order valence-corrected chi connectivity index (χ4v) is 3.78. The maximum Gasteiger partial charge on any atom is 0.234 e. The molecule has 5 heteroatoms. The second-order valence-electron chi connectivity index (χ2n) is 7.58. The molecule has 3 rings (SSSR count). The summed E-state index contributed by atoms with van der Waals surface area (Å²) in [5.41, 5.74) is 2.33. The normalized spacial score (nSPS) is 14.8. The first-order valence-electron chi connectivity index (χ1n) is 10.5. The van der Waals surface area contributed by atoms with Gasteiger partial charge in [0.1, 0.15) is 0 Å². The minimum absolute atomic E-state index is 0.0581. The molecule has 2 aromatic carbocycles. The molecule has 0 aromatic heterocycles. The highest BCUT2D eigenvalue weighted by Crippen LogP contribution is 2.28. The van der Waals surface area contributed by atoms with Gasteiger partial charge < -0.3 is 10.2 Å². The lowest BCUT2D eigenvalue weighted by Gasteiger charge is -2.35.